The summed E-state index contributed by atoms with van der Waals surface area (Å²) in [6.07, 6.45) is -20.7. The minimum atomic E-state index is -8.04. The van der Waals surface area contributed by atoms with Gasteiger partial charge in [0, 0.05) is 0 Å². The molecule has 0 aromatic rings. The molecule has 3 nitrogen and oxygen atoms in total. The summed E-state index contributed by atoms with van der Waals surface area (Å²) in [6.45, 7) is 0. The van der Waals surface area contributed by atoms with E-state index in [9.17, 15) is 70.7 Å². The van der Waals surface area contributed by atoms with E-state index in [2.05, 4.69) is 0 Å². The van der Waals surface area contributed by atoms with Crippen molar-refractivity contribution in [1.82, 2.24) is 0 Å². The van der Waals surface area contributed by atoms with Crippen LogP contribution in [0.15, 0.2) is 11.7 Å². The Morgan fingerprint density at radius 2 is 1.04 bits per heavy atom. The zero-order valence-electron chi connectivity index (χ0n) is 11.4. The summed E-state index contributed by atoms with van der Waals surface area (Å²) in [6, 6.07) is 0. The number of halogens is 15. The molecule has 27 heavy (non-hydrogen) atoms. The second-order valence-corrected chi connectivity index (χ2v) is 4.29. The summed E-state index contributed by atoms with van der Waals surface area (Å²) >= 11 is 0. The summed E-state index contributed by atoms with van der Waals surface area (Å²) in [5, 5.41) is 7.65. The smallest absolute Gasteiger partial charge is 0.460 e. The summed E-state index contributed by atoms with van der Waals surface area (Å²) in [4.78, 5) is 9.75. The van der Waals surface area contributed by atoms with E-state index in [-0.39, 0.29) is 0 Å². The maximum absolute atomic E-state index is 13.0. The van der Waals surface area contributed by atoms with Crippen molar-refractivity contribution in [2.24, 2.45) is 0 Å². The number of alkyl halides is 13. The van der Waals surface area contributed by atoms with Gasteiger partial charge < -0.3 is 5.11 Å². The standard InChI is InChI=1S/C9HF15O3/c10-1(2(11)5(14,15)16)4(12,13)7(19,20)8(21,22)9(23,24)27-6(17,18)3(25)26/h(H,25,26). The minimum absolute atomic E-state index is 1.56. The van der Waals surface area contributed by atoms with Crippen molar-refractivity contribution < 1.29 is 80.5 Å². The van der Waals surface area contributed by atoms with Crippen LogP contribution in [0.4, 0.5) is 65.9 Å². The highest BCUT2D eigenvalue weighted by Gasteiger charge is 2.84. The molecule has 1 N–H and O–H groups in total. The third-order valence-corrected chi connectivity index (χ3v) is 2.38. The molecule has 0 aliphatic rings. The maximum Gasteiger partial charge on any atom is 0.460 e. The fourth-order valence-corrected chi connectivity index (χ4v) is 1.05. The monoisotopic (exact) mass is 442 g/mol. The van der Waals surface area contributed by atoms with Crippen molar-refractivity contribution >= 4 is 5.97 Å². The molecule has 0 spiro atoms. The van der Waals surface area contributed by atoms with E-state index in [1.54, 1.807) is 4.74 Å². The minimum Gasteiger partial charge on any atom is -0.475 e. The van der Waals surface area contributed by atoms with E-state index in [0.717, 1.165) is 0 Å². The number of carboxylic acids is 1. The van der Waals surface area contributed by atoms with Crippen LogP contribution >= 0.6 is 0 Å². The summed E-state index contributed by atoms with van der Waals surface area (Å²) < 4.78 is 190. The summed E-state index contributed by atoms with van der Waals surface area (Å²) in [7, 11) is 0. The molecule has 0 radical (unpaired) electrons. The number of carbonyl (C=O) groups is 1. The molecular weight excluding hydrogens is 441 g/mol. The lowest BCUT2D eigenvalue weighted by Gasteiger charge is -2.36. The van der Waals surface area contributed by atoms with Gasteiger partial charge in [-0.05, 0) is 0 Å². The highest BCUT2D eigenvalue weighted by Crippen LogP contribution is 2.57. The predicted molar refractivity (Wildman–Crippen MR) is 48.8 cm³/mol. The van der Waals surface area contributed by atoms with E-state index in [4.69, 9.17) is 5.11 Å². The molecule has 0 amide bonds. The first-order chi connectivity index (χ1) is 11.5. The normalized spacial score (nSPS) is 16.3. The molecular formula is C9HF15O3. The molecule has 0 aliphatic carbocycles. The Hall–Kier alpha value is -1.88. The molecule has 0 saturated carbocycles. The molecule has 160 valence electrons. The van der Waals surface area contributed by atoms with Crippen molar-refractivity contribution in [2.75, 3.05) is 0 Å². The average molecular weight is 442 g/mol. The Labute approximate surface area is 136 Å². The van der Waals surface area contributed by atoms with Crippen LogP contribution in [0, 0.1) is 0 Å². The summed E-state index contributed by atoms with van der Waals surface area (Å²) in [5.41, 5.74) is 0. The van der Waals surface area contributed by atoms with Crippen LogP contribution < -0.4 is 0 Å². The highest BCUT2D eigenvalue weighted by molar-refractivity contribution is 5.73. The van der Waals surface area contributed by atoms with E-state index in [1.165, 1.54) is 0 Å². The molecule has 0 bridgehead atoms. The summed E-state index contributed by atoms with van der Waals surface area (Å²) in [5.74, 6) is -37.2. The fraction of sp³-hybridized carbons (Fsp3) is 0.667. The van der Waals surface area contributed by atoms with Gasteiger partial charge in [-0.1, -0.05) is 0 Å². The first-order valence-electron chi connectivity index (χ1n) is 5.42. The molecule has 0 unspecified atom stereocenters. The van der Waals surface area contributed by atoms with Crippen LogP contribution in [0.3, 0.4) is 0 Å². The van der Waals surface area contributed by atoms with Gasteiger partial charge in [0.25, 0.3) is 0 Å². The second kappa shape index (κ2) is 6.62. The molecule has 0 saturated heterocycles. The van der Waals surface area contributed by atoms with E-state index >= 15 is 0 Å². The Morgan fingerprint density at radius 1 is 0.667 bits per heavy atom. The van der Waals surface area contributed by atoms with Gasteiger partial charge in [0.15, 0.2) is 0 Å². The van der Waals surface area contributed by atoms with E-state index in [0.29, 0.717) is 0 Å². The van der Waals surface area contributed by atoms with Crippen molar-refractivity contribution in [3.05, 3.63) is 11.7 Å². The largest absolute Gasteiger partial charge is 0.475 e. The number of allylic oxidation sites excluding steroid dienone is 2. The average Bonchev–Trinajstić information content (AvgIpc) is 2.42. The number of hydrogen-bond donors (Lipinski definition) is 1. The van der Waals surface area contributed by atoms with Gasteiger partial charge in [0.05, 0.1) is 0 Å². The number of ether oxygens (including phenoxy) is 1. The van der Waals surface area contributed by atoms with Gasteiger partial charge in [-0.15, -0.1) is 0 Å². The molecule has 0 aromatic heterocycles. The lowest BCUT2D eigenvalue weighted by molar-refractivity contribution is -0.464. The lowest BCUT2D eigenvalue weighted by atomic mass is 10.0. The topological polar surface area (TPSA) is 46.5 Å². The van der Waals surface area contributed by atoms with Crippen LogP contribution in [0.5, 0.6) is 0 Å². The van der Waals surface area contributed by atoms with Crippen molar-refractivity contribution in [2.45, 2.75) is 36.2 Å². The Balaban J connectivity index is 6.35. The maximum atomic E-state index is 13.0. The van der Waals surface area contributed by atoms with Gasteiger partial charge in [-0.25, -0.2) is 13.9 Å². The first-order valence-corrected chi connectivity index (χ1v) is 5.42. The van der Waals surface area contributed by atoms with Crippen LogP contribution in [0.1, 0.15) is 0 Å². The van der Waals surface area contributed by atoms with Crippen molar-refractivity contribution in [1.29, 1.82) is 0 Å². The van der Waals surface area contributed by atoms with Crippen molar-refractivity contribution in [3.63, 3.8) is 0 Å². The number of rotatable bonds is 7. The Kier molecular flexibility index (Phi) is 6.16. The molecule has 0 aliphatic heterocycles. The van der Waals surface area contributed by atoms with E-state index in [1.807, 2.05) is 0 Å². The third kappa shape index (κ3) is 4.18. The van der Waals surface area contributed by atoms with Crippen LogP contribution in [0.25, 0.3) is 0 Å². The number of carboxylic acid groups (broad SMARTS) is 1. The van der Waals surface area contributed by atoms with Gasteiger partial charge in [-0.2, -0.15) is 61.5 Å². The molecule has 0 atom stereocenters. The molecule has 18 heteroatoms. The first kappa shape index (κ1) is 25.1. The highest BCUT2D eigenvalue weighted by atomic mass is 19.4. The lowest BCUT2D eigenvalue weighted by Crippen LogP contribution is -2.64. The number of aliphatic carboxylic acids is 1. The zero-order valence-corrected chi connectivity index (χ0v) is 11.4. The van der Waals surface area contributed by atoms with Gasteiger partial charge >= 0.3 is 42.1 Å². The fourth-order valence-electron chi connectivity index (χ4n) is 1.05. The van der Waals surface area contributed by atoms with Gasteiger partial charge in [-0.3, -0.25) is 0 Å². The zero-order chi connectivity index (χ0) is 22.4. The molecule has 0 aromatic carbocycles. The predicted octanol–water partition coefficient (Wildman–Crippen LogP) is 4.89. The van der Waals surface area contributed by atoms with Crippen molar-refractivity contribution in [3.8, 4) is 0 Å². The third-order valence-electron chi connectivity index (χ3n) is 2.38. The van der Waals surface area contributed by atoms with Crippen LogP contribution in [0.2, 0.25) is 0 Å². The molecule has 0 heterocycles. The second-order valence-electron chi connectivity index (χ2n) is 4.29. The van der Waals surface area contributed by atoms with Gasteiger partial charge in [0.1, 0.15) is 0 Å². The van der Waals surface area contributed by atoms with E-state index < -0.39 is 53.8 Å². The van der Waals surface area contributed by atoms with Crippen LogP contribution in [-0.4, -0.2) is 47.2 Å². The van der Waals surface area contributed by atoms with Gasteiger partial charge in [0.2, 0.25) is 11.7 Å². The quantitative estimate of drug-likeness (QED) is 0.572. The SMILES string of the molecule is O=C(O)C(F)(F)OC(F)(F)C(F)(F)C(F)(F)C(F)(F)C(F)=C(F)C(F)(F)F. The molecule has 0 rings (SSSR count). The van der Waals surface area contributed by atoms with Crippen LogP contribution in [-0.2, 0) is 9.53 Å². The molecule has 0 fully saturated rings. The Morgan fingerprint density at radius 3 is 1.33 bits per heavy atom. The Bertz CT molecular complexity index is 617. The number of hydrogen-bond acceptors (Lipinski definition) is 2.